The van der Waals surface area contributed by atoms with E-state index in [0.29, 0.717) is 30.0 Å². The van der Waals surface area contributed by atoms with Crippen molar-refractivity contribution in [3.63, 3.8) is 0 Å². The van der Waals surface area contributed by atoms with Crippen LogP contribution in [-0.4, -0.2) is 27.4 Å². The van der Waals surface area contributed by atoms with Crippen LogP contribution < -0.4 is 16.4 Å². The molecule has 1 amide bonds. The molecule has 32 heavy (non-hydrogen) atoms. The van der Waals surface area contributed by atoms with E-state index in [-0.39, 0.29) is 5.82 Å². The molecule has 0 spiro atoms. The van der Waals surface area contributed by atoms with Crippen LogP contribution >= 0.6 is 0 Å². The number of aryl methyl sites for hydroxylation is 1. The molecule has 0 aliphatic carbocycles. The van der Waals surface area contributed by atoms with Crippen molar-refractivity contribution in [1.29, 1.82) is 0 Å². The van der Waals surface area contributed by atoms with Gasteiger partial charge in [-0.3, -0.25) is 4.79 Å². The maximum Gasteiger partial charge on any atom is 0.250 e. The number of hydrogen-bond donors (Lipinski definition) is 4. The first-order valence-electron chi connectivity index (χ1n) is 10.5. The Kier molecular flexibility index (Phi) is 5.07. The van der Waals surface area contributed by atoms with Gasteiger partial charge in [-0.1, -0.05) is 24.3 Å². The summed E-state index contributed by atoms with van der Waals surface area (Å²) in [5.41, 5.74) is 11.2. The van der Waals surface area contributed by atoms with E-state index in [9.17, 15) is 9.18 Å². The van der Waals surface area contributed by atoms with Gasteiger partial charge >= 0.3 is 0 Å². The molecular formula is C24H23FN6O. The number of carbonyl (C=O) groups is 1. The highest BCUT2D eigenvalue weighted by atomic mass is 19.1. The summed E-state index contributed by atoms with van der Waals surface area (Å²) in [6.07, 6.45) is 0.785. The first kappa shape index (κ1) is 20.1. The third kappa shape index (κ3) is 3.58. The number of aromatic nitrogens is 3. The van der Waals surface area contributed by atoms with Crippen molar-refractivity contribution in [2.45, 2.75) is 26.4 Å². The van der Waals surface area contributed by atoms with Crippen LogP contribution in [-0.2, 0) is 19.5 Å². The molecule has 0 saturated heterocycles. The van der Waals surface area contributed by atoms with Gasteiger partial charge in [-0.2, -0.15) is 0 Å². The van der Waals surface area contributed by atoms with E-state index >= 15 is 0 Å². The molecule has 0 radical (unpaired) electrons. The first-order chi connectivity index (χ1) is 15.5. The van der Waals surface area contributed by atoms with Gasteiger partial charge in [0.15, 0.2) is 5.82 Å². The number of nitrogens with zero attached hydrogens (tertiary/aromatic N) is 2. The van der Waals surface area contributed by atoms with E-state index in [0.717, 1.165) is 52.2 Å². The number of H-pyrrole nitrogens is 1. The van der Waals surface area contributed by atoms with Gasteiger partial charge in [0, 0.05) is 48.3 Å². The minimum absolute atomic E-state index is 0.268. The maximum atomic E-state index is 13.6. The molecular weight excluding hydrogens is 407 g/mol. The number of amides is 1. The van der Waals surface area contributed by atoms with Crippen LogP contribution in [0.25, 0.3) is 22.3 Å². The number of nitrogens with one attached hydrogen (secondary N) is 3. The third-order valence-electron chi connectivity index (χ3n) is 5.79. The average Bonchev–Trinajstić information content (AvgIpc) is 3.13. The number of hydrogen-bond acceptors (Lipinski definition) is 5. The summed E-state index contributed by atoms with van der Waals surface area (Å²) in [6, 6.07) is 12.0. The maximum absolute atomic E-state index is 13.6. The molecule has 2 aromatic carbocycles. The summed E-state index contributed by atoms with van der Waals surface area (Å²) in [6.45, 7) is 3.88. The monoisotopic (exact) mass is 430 g/mol. The molecule has 0 unspecified atom stereocenters. The second-order valence-electron chi connectivity index (χ2n) is 7.95. The Morgan fingerprint density at radius 3 is 2.88 bits per heavy atom. The molecule has 1 aliphatic rings. The van der Waals surface area contributed by atoms with Gasteiger partial charge in [0.2, 0.25) is 0 Å². The number of rotatable bonds is 5. The summed E-state index contributed by atoms with van der Waals surface area (Å²) in [7, 11) is 0. The minimum atomic E-state index is -0.488. The molecule has 1 aliphatic heterocycles. The largest absolute Gasteiger partial charge is 0.366 e. The highest BCUT2D eigenvalue weighted by molar-refractivity contribution is 6.09. The Morgan fingerprint density at radius 2 is 2.06 bits per heavy atom. The fourth-order valence-electron chi connectivity index (χ4n) is 4.27. The summed E-state index contributed by atoms with van der Waals surface area (Å²) >= 11 is 0. The molecule has 0 atom stereocenters. The predicted molar refractivity (Wildman–Crippen MR) is 122 cm³/mol. The Balaban J connectivity index is 1.61. The molecule has 5 N–H and O–H groups in total. The second kappa shape index (κ2) is 8.05. The van der Waals surface area contributed by atoms with Crippen molar-refractivity contribution in [2.75, 3.05) is 11.9 Å². The van der Waals surface area contributed by atoms with E-state index in [1.165, 1.54) is 12.1 Å². The number of aromatic amines is 1. The summed E-state index contributed by atoms with van der Waals surface area (Å²) in [4.78, 5) is 24.9. The van der Waals surface area contributed by atoms with Gasteiger partial charge in [0.1, 0.15) is 11.6 Å². The van der Waals surface area contributed by atoms with Crippen LogP contribution in [0.4, 0.5) is 10.2 Å². The van der Waals surface area contributed by atoms with E-state index < -0.39 is 5.91 Å². The van der Waals surface area contributed by atoms with Gasteiger partial charge < -0.3 is 21.4 Å². The summed E-state index contributed by atoms with van der Waals surface area (Å²) in [5.74, 6) is 0.549. The minimum Gasteiger partial charge on any atom is -0.366 e. The van der Waals surface area contributed by atoms with Gasteiger partial charge in [-0.25, -0.2) is 14.4 Å². The SMILES string of the molecule is Cc1[nH]c2c(C(N)=O)cccc2c1-c1nc2c(c(NCc3cccc(F)c3)n1)CNCC2. The fraction of sp³-hybridized carbons (Fsp3) is 0.208. The first-order valence-corrected chi connectivity index (χ1v) is 10.5. The van der Waals surface area contributed by atoms with Crippen LogP contribution in [0.2, 0.25) is 0 Å². The zero-order chi connectivity index (χ0) is 22.2. The lowest BCUT2D eigenvalue weighted by Crippen LogP contribution is -2.26. The number of fused-ring (bicyclic) bond motifs is 2. The van der Waals surface area contributed by atoms with Crippen molar-refractivity contribution in [3.8, 4) is 11.4 Å². The van der Waals surface area contributed by atoms with Crippen LogP contribution in [0.3, 0.4) is 0 Å². The van der Waals surface area contributed by atoms with Crippen molar-refractivity contribution in [3.05, 3.63) is 76.4 Å². The predicted octanol–water partition coefficient (Wildman–Crippen LogP) is 3.43. The van der Waals surface area contributed by atoms with Crippen LogP contribution in [0.5, 0.6) is 0 Å². The zero-order valence-corrected chi connectivity index (χ0v) is 17.6. The van der Waals surface area contributed by atoms with Crippen molar-refractivity contribution in [2.24, 2.45) is 5.73 Å². The van der Waals surface area contributed by atoms with Crippen LogP contribution in [0.15, 0.2) is 42.5 Å². The molecule has 0 fully saturated rings. The smallest absolute Gasteiger partial charge is 0.250 e. The standard InChI is InChI=1S/C24H23FN6O/c1-13-20(16-6-3-7-17(22(26)32)21(16)29-13)24-30-19-8-9-27-12-18(19)23(31-24)28-11-14-4-2-5-15(25)10-14/h2-7,10,27,29H,8-9,11-12H2,1H3,(H2,26,32)(H,28,30,31). The summed E-state index contributed by atoms with van der Waals surface area (Å²) < 4.78 is 13.6. The highest BCUT2D eigenvalue weighted by Crippen LogP contribution is 2.34. The van der Waals surface area contributed by atoms with E-state index in [1.54, 1.807) is 12.1 Å². The topological polar surface area (TPSA) is 109 Å². The lowest BCUT2D eigenvalue weighted by molar-refractivity contribution is 0.100. The van der Waals surface area contributed by atoms with E-state index in [2.05, 4.69) is 15.6 Å². The molecule has 0 saturated carbocycles. The fourth-order valence-corrected chi connectivity index (χ4v) is 4.27. The number of benzene rings is 2. The number of nitrogens with two attached hydrogens (primary N) is 1. The van der Waals surface area contributed by atoms with Crippen molar-refractivity contribution < 1.29 is 9.18 Å². The Hall–Kier alpha value is -3.78. The zero-order valence-electron chi connectivity index (χ0n) is 17.6. The van der Waals surface area contributed by atoms with E-state index in [4.69, 9.17) is 15.7 Å². The molecule has 162 valence electrons. The molecule has 0 bridgehead atoms. The molecule has 8 heteroatoms. The molecule has 3 heterocycles. The quantitative estimate of drug-likeness (QED) is 0.388. The van der Waals surface area contributed by atoms with Crippen molar-refractivity contribution >= 4 is 22.6 Å². The number of anilines is 1. The second-order valence-corrected chi connectivity index (χ2v) is 7.95. The number of halogens is 1. The highest BCUT2D eigenvalue weighted by Gasteiger charge is 2.22. The van der Waals surface area contributed by atoms with Gasteiger partial charge in [0.05, 0.1) is 16.8 Å². The van der Waals surface area contributed by atoms with Gasteiger partial charge in [0.25, 0.3) is 5.91 Å². The van der Waals surface area contributed by atoms with Crippen molar-refractivity contribution in [1.82, 2.24) is 20.3 Å². The Bertz CT molecular complexity index is 1350. The molecule has 7 nitrogen and oxygen atoms in total. The van der Waals surface area contributed by atoms with Crippen LogP contribution in [0.1, 0.15) is 32.9 Å². The lowest BCUT2D eigenvalue weighted by Gasteiger charge is -2.21. The average molecular weight is 430 g/mol. The summed E-state index contributed by atoms with van der Waals surface area (Å²) in [5, 5.41) is 7.59. The number of primary amides is 1. The lowest BCUT2D eigenvalue weighted by atomic mass is 10.0. The Morgan fingerprint density at radius 1 is 1.22 bits per heavy atom. The van der Waals surface area contributed by atoms with Crippen LogP contribution in [0, 0.1) is 12.7 Å². The Labute approximate surface area is 184 Å². The van der Waals surface area contributed by atoms with Gasteiger partial charge in [-0.05, 0) is 30.7 Å². The normalized spacial score (nSPS) is 13.2. The molecule has 2 aromatic heterocycles. The number of carbonyl (C=O) groups excluding carboxylic acids is 1. The van der Waals surface area contributed by atoms with Gasteiger partial charge in [-0.15, -0.1) is 0 Å². The third-order valence-corrected chi connectivity index (χ3v) is 5.79. The molecule has 4 aromatic rings. The molecule has 5 rings (SSSR count). The number of para-hydroxylation sites is 1. The van der Waals surface area contributed by atoms with E-state index in [1.807, 2.05) is 25.1 Å².